The third kappa shape index (κ3) is 3.35. The Kier molecular flexibility index (Phi) is 4.60. The molecule has 0 spiro atoms. The molecular formula is C22H17N3O3. The number of nitro benzene ring substituents is 1. The highest BCUT2D eigenvalue weighted by Gasteiger charge is 2.31. The van der Waals surface area contributed by atoms with Crippen LogP contribution >= 0.6 is 0 Å². The van der Waals surface area contributed by atoms with Gasteiger partial charge in [0.25, 0.3) is 11.6 Å². The Hall–Kier alpha value is -3.93. The van der Waals surface area contributed by atoms with Crippen LogP contribution in [-0.2, 0) is 0 Å². The van der Waals surface area contributed by atoms with Crippen LogP contribution in [0.15, 0.2) is 84.9 Å². The molecule has 1 aliphatic rings. The molecule has 138 valence electrons. The van der Waals surface area contributed by atoms with Crippen LogP contribution in [0, 0.1) is 10.1 Å². The molecule has 0 saturated heterocycles. The maximum atomic E-state index is 13.1. The van der Waals surface area contributed by atoms with Crippen molar-refractivity contribution in [2.75, 3.05) is 10.2 Å². The summed E-state index contributed by atoms with van der Waals surface area (Å²) in [5, 5.41) is 14.2. The van der Waals surface area contributed by atoms with E-state index in [2.05, 4.69) is 5.32 Å². The number of amides is 1. The number of para-hydroxylation sites is 2. The maximum Gasteiger partial charge on any atom is 0.269 e. The van der Waals surface area contributed by atoms with E-state index in [0.29, 0.717) is 5.56 Å². The molecule has 0 aliphatic carbocycles. The third-order valence-electron chi connectivity index (χ3n) is 4.57. The Bertz CT molecular complexity index is 1050. The average Bonchev–Trinajstić information content (AvgIpc) is 2.73. The minimum Gasteiger partial charge on any atom is -0.361 e. The summed E-state index contributed by atoms with van der Waals surface area (Å²) in [6, 6.07) is 23.1. The lowest BCUT2D eigenvalue weighted by Crippen LogP contribution is -2.48. The van der Waals surface area contributed by atoms with Crippen LogP contribution in [0.5, 0.6) is 0 Å². The second-order valence-electron chi connectivity index (χ2n) is 6.35. The van der Waals surface area contributed by atoms with Crippen LogP contribution < -0.4 is 10.2 Å². The summed E-state index contributed by atoms with van der Waals surface area (Å²) < 4.78 is 0. The van der Waals surface area contributed by atoms with Gasteiger partial charge in [0, 0.05) is 23.5 Å². The first kappa shape index (κ1) is 17.5. The van der Waals surface area contributed by atoms with Crippen molar-refractivity contribution in [2.24, 2.45) is 0 Å². The molecule has 1 aliphatic heterocycles. The number of hydrogen-bond donors (Lipinski definition) is 1. The SMILES string of the molecule is O=C1c2ccccc2NC(C=Cc2ccc([N+](=O)[O-])cc2)N1c1ccccc1. The van der Waals surface area contributed by atoms with E-state index in [0.717, 1.165) is 16.9 Å². The fraction of sp³-hybridized carbons (Fsp3) is 0.0455. The highest BCUT2D eigenvalue weighted by Crippen LogP contribution is 2.30. The fourth-order valence-corrected chi connectivity index (χ4v) is 3.19. The number of rotatable bonds is 4. The lowest BCUT2D eigenvalue weighted by atomic mass is 10.1. The van der Waals surface area contributed by atoms with Crippen molar-refractivity contribution >= 4 is 29.0 Å². The number of nitro groups is 1. The van der Waals surface area contributed by atoms with Crippen molar-refractivity contribution < 1.29 is 9.72 Å². The zero-order valence-corrected chi connectivity index (χ0v) is 14.9. The number of carbonyl (C=O) groups is 1. The molecule has 3 aromatic rings. The average molecular weight is 371 g/mol. The number of carbonyl (C=O) groups excluding carboxylic acids is 1. The number of non-ortho nitro benzene ring substituents is 1. The van der Waals surface area contributed by atoms with Crippen LogP contribution in [0.2, 0.25) is 0 Å². The van der Waals surface area contributed by atoms with Crippen LogP contribution in [0.1, 0.15) is 15.9 Å². The van der Waals surface area contributed by atoms with Crippen molar-refractivity contribution in [3.63, 3.8) is 0 Å². The second-order valence-corrected chi connectivity index (χ2v) is 6.35. The number of nitrogens with one attached hydrogen (secondary N) is 1. The molecule has 28 heavy (non-hydrogen) atoms. The minimum atomic E-state index is -0.428. The number of hydrogen-bond acceptors (Lipinski definition) is 4. The molecule has 0 fully saturated rings. The van der Waals surface area contributed by atoms with E-state index in [1.165, 1.54) is 12.1 Å². The molecule has 0 radical (unpaired) electrons. The van der Waals surface area contributed by atoms with Crippen LogP contribution in [-0.4, -0.2) is 17.0 Å². The Labute approximate surface area is 161 Å². The Morgan fingerprint density at radius 2 is 1.61 bits per heavy atom. The zero-order valence-electron chi connectivity index (χ0n) is 14.9. The van der Waals surface area contributed by atoms with Crippen molar-refractivity contribution in [3.05, 3.63) is 106 Å². The number of benzene rings is 3. The molecule has 0 saturated carbocycles. The van der Waals surface area contributed by atoms with E-state index in [1.54, 1.807) is 23.1 Å². The molecule has 4 rings (SSSR count). The van der Waals surface area contributed by atoms with E-state index >= 15 is 0 Å². The van der Waals surface area contributed by atoms with Gasteiger partial charge in [0.05, 0.1) is 10.5 Å². The van der Waals surface area contributed by atoms with Gasteiger partial charge in [0.1, 0.15) is 6.17 Å². The largest absolute Gasteiger partial charge is 0.361 e. The summed E-state index contributed by atoms with van der Waals surface area (Å²) in [6.45, 7) is 0. The van der Waals surface area contributed by atoms with Gasteiger partial charge < -0.3 is 5.32 Å². The van der Waals surface area contributed by atoms with Crippen LogP contribution in [0.4, 0.5) is 17.1 Å². The van der Waals surface area contributed by atoms with E-state index in [9.17, 15) is 14.9 Å². The summed E-state index contributed by atoms with van der Waals surface area (Å²) in [6.07, 6.45) is 3.33. The Morgan fingerprint density at radius 3 is 2.32 bits per heavy atom. The van der Waals surface area contributed by atoms with Gasteiger partial charge in [-0.25, -0.2) is 0 Å². The lowest BCUT2D eigenvalue weighted by molar-refractivity contribution is -0.384. The quantitative estimate of drug-likeness (QED) is 0.532. The maximum absolute atomic E-state index is 13.1. The molecule has 0 aromatic heterocycles. The van der Waals surface area contributed by atoms with Gasteiger partial charge in [-0.3, -0.25) is 19.8 Å². The molecule has 1 heterocycles. The monoisotopic (exact) mass is 371 g/mol. The minimum absolute atomic E-state index is 0.0444. The van der Waals surface area contributed by atoms with Gasteiger partial charge in [-0.2, -0.15) is 0 Å². The molecule has 0 bridgehead atoms. The Morgan fingerprint density at radius 1 is 0.929 bits per heavy atom. The predicted molar refractivity (Wildman–Crippen MR) is 109 cm³/mol. The zero-order chi connectivity index (χ0) is 19.5. The van der Waals surface area contributed by atoms with Crippen molar-refractivity contribution in [1.29, 1.82) is 0 Å². The molecule has 3 aromatic carbocycles. The van der Waals surface area contributed by atoms with Gasteiger partial charge in [0.15, 0.2) is 0 Å². The lowest BCUT2D eigenvalue weighted by Gasteiger charge is -2.36. The van der Waals surface area contributed by atoms with Gasteiger partial charge in [-0.05, 0) is 48.0 Å². The fourth-order valence-electron chi connectivity index (χ4n) is 3.19. The summed E-state index contributed by atoms with van der Waals surface area (Å²) in [5.41, 5.74) is 3.03. The summed E-state index contributed by atoms with van der Waals surface area (Å²) in [5.74, 6) is -0.0844. The van der Waals surface area contributed by atoms with Gasteiger partial charge in [-0.15, -0.1) is 0 Å². The van der Waals surface area contributed by atoms with E-state index < -0.39 is 4.92 Å². The Balaban J connectivity index is 1.68. The van der Waals surface area contributed by atoms with Crippen molar-refractivity contribution in [1.82, 2.24) is 0 Å². The molecule has 1 unspecified atom stereocenters. The third-order valence-corrected chi connectivity index (χ3v) is 4.57. The highest BCUT2D eigenvalue weighted by molar-refractivity contribution is 6.12. The van der Waals surface area contributed by atoms with Gasteiger partial charge >= 0.3 is 0 Å². The number of anilines is 2. The summed E-state index contributed by atoms with van der Waals surface area (Å²) >= 11 is 0. The number of fused-ring (bicyclic) bond motifs is 1. The predicted octanol–water partition coefficient (Wildman–Crippen LogP) is 4.71. The number of nitrogens with zero attached hydrogens (tertiary/aromatic N) is 2. The topological polar surface area (TPSA) is 75.5 Å². The normalized spacial score (nSPS) is 15.9. The smallest absolute Gasteiger partial charge is 0.269 e. The molecule has 1 atom stereocenters. The van der Waals surface area contributed by atoms with E-state index in [4.69, 9.17) is 0 Å². The molecule has 1 amide bonds. The van der Waals surface area contributed by atoms with Gasteiger partial charge in [-0.1, -0.05) is 36.4 Å². The van der Waals surface area contributed by atoms with Crippen LogP contribution in [0.25, 0.3) is 6.08 Å². The van der Waals surface area contributed by atoms with Crippen molar-refractivity contribution in [3.8, 4) is 0 Å². The second kappa shape index (κ2) is 7.36. The van der Waals surface area contributed by atoms with Gasteiger partial charge in [0.2, 0.25) is 0 Å². The van der Waals surface area contributed by atoms with Crippen molar-refractivity contribution in [2.45, 2.75) is 6.17 Å². The first-order valence-electron chi connectivity index (χ1n) is 8.80. The highest BCUT2D eigenvalue weighted by atomic mass is 16.6. The van der Waals surface area contributed by atoms with Crippen LogP contribution in [0.3, 0.4) is 0 Å². The first-order chi connectivity index (χ1) is 13.6. The summed E-state index contributed by atoms with van der Waals surface area (Å²) in [7, 11) is 0. The van der Waals surface area contributed by atoms with E-state index in [-0.39, 0.29) is 17.8 Å². The van der Waals surface area contributed by atoms with E-state index in [1.807, 2.05) is 60.7 Å². The molecule has 1 N–H and O–H groups in total. The first-order valence-corrected chi connectivity index (χ1v) is 8.80. The molecule has 6 heteroatoms. The summed E-state index contributed by atoms with van der Waals surface area (Å²) in [4.78, 5) is 25.2. The molecule has 6 nitrogen and oxygen atoms in total. The molecular weight excluding hydrogens is 354 g/mol. The standard InChI is InChI=1S/C22H17N3O3/c26-22-19-8-4-5-9-20(19)23-21(24(22)17-6-2-1-3-7-17)15-12-16-10-13-18(14-11-16)25(27)28/h1-15,21,23H.